The molecule has 0 aliphatic carbocycles. The van der Waals surface area contributed by atoms with E-state index >= 15 is 0 Å². The molecule has 0 aliphatic heterocycles. The van der Waals surface area contributed by atoms with Gasteiger partial charge in [0.15, 0.2) is 0 Å². The Kier molecular flexibility index (Phi) is 9.29. The third-order valence-electron chi connectivity index (χ3n) is 2.93. The van der Waals surface area contributed by atoms with Crippen LogP contribution in [0.15, 0.2) is 30.3 Å². The normalized spacial score (nSPS) is 12.0. The van der Waals surface area contributed by atoms with E-state index in [2.05, 4.69) is 22.8 Å². The van der Waals surface area contributed by atoms with Crippen LogP contribution in [0.3, 0.4) is 0 Å². The van der Waals surface area contributed by atoms with Gasteiger partial charge < -0.3 is 20.8 Å². The summed E-state index contributed by atoms with van der Waals surface area (Å²) in [5.41, 5.74) is 1.26. The molecule has 1 aromatic carbocycles. The number of rotatable bonds is 12. The molecular formula is C15H22N2O4S. The summed E-state index contributed by atoms with van der Waals surface area (Å²) in [5, 5.41) is 23.0. The summed E-state index contributed by atoms with van der Waals surface area (Å²) in [7, 11) is 0. The number of aliphatic carboxylic acids is 2. The smallest absolute Gasteiger partial charge is 0.317 e. The molecule has 1 unspecified atom stereocenters. The molecule has 0 spiro atoms. The molecule has 6 nitrogen and oxygen atoms in total. The van der Waals surface area contributed by atoms with Crippen molar-refractivity contribution in [1.82, 2.24) is 10.6 Å². The summed E-state index contributed by atoms with van der Waals surface area (Å²) >= 11 is 1.78. The van der Waals surface area contributed by atoms with Gasteiger partial charge in [-0.2, -0.15) is 11.8 Å². The average molecular weight is 326 g/mol. The minimum Gasteiger partial charge on any atom is -0.480 e. The number of hydrogen-bond donors (Lipinski definition) is 4. The average Bonchev–Trinajstić information content (AvgIpc) is 2.49. The monoisotopic (exact) mass is 326 g/mol. The van der Waals surface area contributed by atoms with Gasteiger partial charge in [0, 0.05) is 18.3 Å². The Bertz CT molecular complexity index is 456. The first-order valence-corrected chi connectivity index (χ1v) is 8.22. The number of benzene rings is 1. The van der Waals surface area contributed by atoms with Crippen molar-refractivity contribution in [2.24, 2.45) is 0 Å². The molecule has 1 atom stereocenters. The van der Waals surface area contributed by atoms with E-state index in [1.54, 1.807) is 11.8 Å². The Morgan fingerprint density at radius 2 is 1.77 bits per heavy atom. The zero-order valence-corrected chi connectivity index (χ0v) is 13.1. The van der Waals surface area contributed by atoms with E-state index in [-0.39, 0.29) is 19.1 Å². The van der Waals surface area contributed by atoms with Crippen molar-refractivity contribution in [2.75, 3.05) is 25.4 Å². The van der Waals surface area contributed by atoms with Gasteiger partial charge in [0.25, 0.3) is 0 Å². The van der Waals surface area contributed by atoms with E-state index < -0.39 is 11.9 Å². The van der Waals surface area contributed by atoms with Crippen LogP contribution >= 0.6 is 11.8 Å². The van der Waals surface area contributed by atoms with E-state index in [4.69, 9.17) is 10.2 Å². The Morgan fingerprint density at radius 3 is 2.41 bits per heavy atom. The zero-order valence-electron chi connectivity index (χ0n) is 12.3. The van der Waals surface area contributed by atoms with Gasteiger partial charge in [0.05, 0.1) is 13.1 Å². The highest BCUT2D eigenvalue weighted by Crippen LogP contribution is 2.13. The summed E-state index contributed by atoms with van der Waals surface area (Å²) in [6.45, 7) is 0.191. The third kappa shape index (κ3) is 9.38. The van der Waals surface area contributed by atoms with Crippen LogP contribution in [-0.2, 0) is 15.3 Å². The topological polar surface area (TPSA) is 98.7 Å². The highest BCUT2D eigenvalue weighted by molar-refractivity contribution is 7.98. The van der Waals surface area contributed by atoms with Crippen LogP contribution in [0.25, 0.3) is 0 Å². The van der Waals surface area contributed by atoms with Gasteiger partial charge in [-0.05, 0) is 17.7 Å². The van der Waals surface area contributed by atoms with Crippen LogP contribution in [0.5, 0.6) is 0 Å². The van der Waals surface area contributed by atoms with Crippen LogP contribution in [0, 0.1) is 0 Å². The molecule has 0 saturated heterocycles. The molecule has 0 bridgehead atoms. The Labute approximate surface area is 134 Å². The standard InChI is InChI=1S/C15H22N2O4S/c18-14(19)9-16-8-13(17-10-15(20)21)6-7-22-11-12-4-2-1-3-5-12/h1-5,13,16-17H,6-11H2,(H,18,19)(H,20,21). The van der Waals surface area contributed by atoms with Gasteiger partial charge in [-0.1, -0.05) is 30.3 Å². The minimum atomic E-state index is -0.921. The molecule has 122 valence electrons. The molecule has 1 rings (SSSR count). The van der Waals surface area contributed by atoms with Gasteiger partial charge in [0.2, 0.25) is 0 Å². The summed E-state index contributed by atoms with van der Waals surface area (Å²) in [5.74, 6) is -0.0497. The number of carboxylic acid groups (broad SMARTS) is 2. The SMILES string of the molecule is O=C(O)CNCC(CCSCc1ccccc1)NCC(=O)O. The van der Waals surface area contributed by atoms with Gasteiger partial charge in [-0.3, -0.25) is 9.59 Å². The van der Waals surface area contributed by atoms with E-state index in [1.807, 2.05) is 18.2 Å². The first-order valence-electron chi connectivity index (χ1n) is 7.07. The van der Waals surface area contributed by atoms with Gasteiger partial charge in [-0.15, -0.1) is 0 Å². The maximum absolute atomic E-state index is 10.6. The summed E-state index contributed by atoms with van der Waals surface area (Å²) < 4.78 is 0. The van der Waals surface area contributed by atoms with Crippen molar-refractivity contribution in [3.63, 3.8) is 0 Å². The number of hydrogen-bond acceptors (Lipinski definition) is 5. The van der Waals surface area contributed by atoms with Crippen molar-refractivity contribution >= 4 is 23.7 Å². The number of thioether (sulfide) groups is 1. The highest BCUT2D eigenvalue weighted by atomic mass is 32.2. The van der Waals surface area contributed by atoms with Crippen molar-refractivity contribution in [3.8, 4) is 0 Å². The Hall–Kier alpha value is -1.57. The lowest BCUT2D eigenvalue weighted by molar-refractivity contribution is -0.137. The molecule has 0 aromatic heterocycles. The highest BCUT2D eigenvalue weighted by Gasteiger charge is 2.10. The lowest BCUT2D eigenvalue weighted by Crippen LogP contribution is -2.42. The van der Waals surface area contributed by atoms with Crippen molar-refractivity contribution < 1.29 is 19.8 Å². The van der Waals surface area contributed by atoms with Gasteiger partial charge in [-0.25, -0.2) is 0 Å². The Balaban J connectivity index is 2.26. The number of carboxylic acids is 2. The molecular weight excluding hydrogens is 304 g/mol. The molecule has 4 N–H and O–H groups in total. The van der Waals surface area contributed by atoms with E-state index in [9.17, 15) is 9.59 Å². The first kappa shape index (κ1) is 18.5. The van der Waals surface area contributed by atoms with Crippen molar-refractivity contribution in [2.45, 2.75) is 18.2 Å². The molecule has 0 amide bonds. The van der Waals surface area contributed by atoms with Crippen LogP contribution < -0.4 is 10.6 Å². The molecule has 0 radical (unpaired) electrons. The second kappa shape index (κ2) is 11.1. The van der Waals surface area contributed by atoms with Gasteiger partial charge >= 0.3 is 11.9 Å². The van der Waals surface area contributed by atoms with Gasteiger partial charge in [0.1, 0.15) is 0 Å². The predicted molar refractivity (Wildman–Crippen MR) is 87.2 cm³/mol. The lowest BCUT2D eigenvalue weighted by atomic mass is 10.2. The molecule has 0 saturated carbocycles. The Morgan fingerprint density at radius 1 is 1.09 bits per heavy atom. The number of nitrogens with one attached hydrogen (secondary N) is 2. The fourth-order valence-electron chi connectivity index (χ4n) is 1.85. The summed E-state index contributed by atoms with van der Waals surface area (Å²) in [4.78, 5) is 21.1. The van der Waals surface area contributed by atoms with Crippen LogP contribution in [-0.4, -0.2) is 53.6 Å². The molecule has 7 heteroatoms. The van der Waals surface area contributed by atoms with E-state index in [0.29, 0.717) is 6.54 Å². The maximum Gasteiger partial charge on any atom is 0.317 e. The summed E-state index contributed by atoms with van der Waals surface area (Å²) in [6.07, 6.45) is 0.775. The maximum atomic E-state index is 10.6. The molecule has 0 heterocycles. The molecule has 0 fully saturated rings. The zero-order chi connectivity index (χ0) is 16.2. The van der Waals surface area contributed by atoms with Crippen molar-refractivity contribution in [1.29, 1.82) is 0 Å². The predicted octanol–water partition coefficient (Wildman–Crippen LogP) is 1.03. The van der Waals surface area contributed by atoms with Crippen molar-refractivity contribution in [3.05, 3.63) is 35.9 Å². The third-order valence-corrected chi connectivity index (χ3v) is 3.99. The van der Waals surface area contributed by atoms with E-state index in [1.165, 1.54) is 5.56 Å². The fourth-order valence-corrected chi connectivity index (χ4v) is 2.87. The number of carbonyl (C=O) groups is 2. The molecule has 0 aliphatic rings. The molecule has 1 aromatic rings. The minimum absolute atomic E-state index is 0.0567. The quantitative estimate of drug-likeness (QED) is 0.426. The summed E-state index contributed by atoms with van der Waals surface area (Å²) in [6, 6.07) is 10.1. The molecule has 22 heavy (non-hydrogen) atoms. The largest absolute Gasteiger partial charge is 0.480 e. The first-order chi connectivity index (χ1) is 10.6. The lowest BCUT2D eigenvalue weighted by Gasteiger charge is -2.17. The second-order valence-electron chi connectivity index (χ2n) is 4.82. The van der Waals surface area contributed by atoms with Crippen LogP contribution in [0.1, 0.15) is 12.0 Å². The van der Waals surface area contributed by atoms with E-state index in [0.717, 1.165) is 17.9 Å². The second-order valence-corrected chi connectivity index (χ2v) is 5.93. The van der Waals surface area contributed by atoms with Crippen LogP contribution in [0.2, 0.25) is 0 Å². The van der Waals surface area contributed by atoms with Crippen LogP contribution in [0.4, 0.5) is 0 Å². The fraction of sp³-hybridized carbons (Fsp3) is 0.467.